The van der Waals surface area contributed by atoms with Crippen LogP contribution in [-0.4, -0.2) is 37.6 Å². The first-order valence-corrected chi connectivity index (χ1v) is 9.59. The molecule has 2 aliphatic rings. The standard InChI is InChI=1S/C17H20N2O4S/c1-11-17(12(2)23-18-11)24(20,21)19-7-5-15(10-19)13-3-4-16-14(9-13)6-8-22-16/h3-4,9,15H,5-8,10H2,1-2H3/t15-/m1/s1. The van der Waals surface area contributed by atoms with Crippen LogP contribution in [-0.2, 0) is 16.4 Å². The van der Waals surface area contributed by atoms with Crippen LogP contribution in [0.2, 0.25) is 0 Å². The van der Waals surface area contributed by atoms with Gasteiger partial charge in [0.15, 0.2) is 5.76 Å². The monoisotopic (exact) mass is 348 g/mol. The number of hydrogen-bond acceptors (Lipinski definition) is 5. The van der Waals surface area contributed by atoms with E-state index < -0.39 is 10.0 Å². The van der Waals surface area contributed by atoms with Gasteiger partial charge in [0.2, 0.25) is 10.0 Å². The molecule has 128 valence electrons. The Bertz CT molecular complexity index is 868. The van der Waals surface area contributed by atoms with Crippen molar-refractivity contribution in [2.24, 2.45) is 0 Å². The fraction of sp³-hybridized carbons (Fsp3) is 0.471. The third kappa shape index (κ3) is 2.43. The summed E-state index contributed by atoms with van der Waals surface area (Å²) >= 11 is 0. The average molecular weight is 348 g/mol. The molecule has 0 amide bonds. The zero-order chi connectivity index (χ0) is 16.9. The predicted molar refractivity (Wildman–Crippen MR) is 87.7 cm³/mol. The Morgan fingerprint density at radius 3 is 2.88 bits per heavy atom. The van der Waals surface area contributed by atoms with Gasteiger partial charge >= 0.3 is 0 Å². The summed E-state index contributed by atoms with van der Waals surface area (Å²) in [5.74, 6) is 1.52. The number of aromatic nitrogens is 1. The summed E-state index contributed by atoms with van der Waals surface area (Å²) in [7, 11) is -3.56. The molecule has 6 nitrogen and oxygen atoms in total. The first-order chi connectivity index (χ1) is 11.5. The van der Waals surface area contributed by atoms with Crippen LogP contribution in [0.1, 0.15) is 34.9 Å². The van der Waals surface area contributed by atoms with Crippen LogP contribution < -0.4 is 4.74 Å². The van der Waals surface area contributed by atoms with Gasteiger partial charge in [0.25, 0.3) is 0 Å². The van der Waals surface area contributed by atoms with E-state index in [-0.39, 0.29) is 10.8 Å². The van der Waals surface area contributed by atoms with E-state index >= 15 is 0 Å². The minimum atomic E-state index is -3.56. The van der Waals surface area contributed by atoms with Crippen LogP contribution in [0.25, 0.3) is 0 Å². The topological polar surface area (TPSA) is 72.6 Å². The molecule has 2 aliphatic heterocycles. The van der Waals surface area contributed by atoms with E-state index in [9.17, 15) is 8.42 Å². The predicted octanol–water partition coefficient (Wildman–Crippen LogP) is 2.40. The number of nitrogens with zero attached hydrogens (tertiary/aromatic N) is 2. The van der Waals surface area contributed by atoms with Crippen molar-refractivity contribution in [3.63, 3.8) is 0 Å². The van der Waals surface area contributed by atoms with E-state index in [1.807, 2.05) is 6.07 Å². The maximum absolute atomic E-state index is 12.9. The molecule has 0 aliphatic carbocycles. The third-order valence-corrected chi connectivity index (χ3v) is 7.01. The molecule has 0 saturated carbocycles. The molecule has 1 aromatic heterocycles. The Kier molecular flexibility index (Phi) is 3.65. The van der Waals surface area contributed by atoms with Crippen LogP contribution in [0.4, 0.5) is 0 Å². The lowest BCUT2D eigenvalue weighted by atomic mass is 9.96. The van der Waals surface area contributed by atoms with E-state index in [1.54, 1.807) is 18.2 Å². The summed E-state index contributed by atoms with van der Waals surface area (Å²) in [5, 5.41) is 3.78. The fourth-order valence-corrected chi connectivity index (χ4v) is 5.44. The van der Waals surface area contributed by atoms with Gasteiger partial charge in [-0.1, -0.05) is 17.3 Å². The first-order valence-electron chi connectivity index (χ1n) is 8.15. The van der Waals surface area contributed by atoms with Gasteiger partial charge in [-0.3, -0.25) is 0 Å². The number of rotatable bonds is 3. The maximum atomic E-state index is 12.9. The molecule has 1 atom stereocenters. The number of hydrogen-bond donors (Lipinski definition) is 0. The van der Waals surface area contributed by atoms with Crippen molar-refractivity contribution in [3.8, 4) is 5.75 Å². The quantitative estimate of drug-likeness (QED) is 0.852. The number of benzene rings is 1. The molecule has 7 heteroatoms. The van der Waals surface area contributed by atoms with Crippen LogP contribution in [0.15, 0.2) is 27.6 Å². The van der Waals surface area contributed by atoms with E-state index in [0.29, 0.717) is 24.5 Å². The highest BCUT2D eigenvalue weighted by Gasteiger charge is 2.36. The highest BCUT2D eigenvalue weighted by Crippen LogP contribution is 2.35. The molecule has 0 N–H and O–H groups in total. The Labute approximate surface area is 141 Å². The Balaban J connectivity index is 1.58. The van der Waals surface area contributed by atoms with Gasteiger partial charge in [-0.25, -0.2) is 8.42 Å². The van der Waals surface area contributed by atoms with Crippen molar-refractivity contribution in [2.45, 2.75) is 37.5 Å². The minimum absolute atomic E-state index is 0.213. The summed E-state index contributed by atoms with van der Waals surface area (Å²) in [4.78, 5) is 0.213. The van der Waals surface area contributed by atoms with Crippen molar-refractivity contribution < 1.29 is 17.7 Å². The lowest BCUT2D eigenvalue weighted by Gasteiger charge is -2.16. The van der Waals surface area contributed by atoms with Crippen LogP contribution in [0.5, 0.6) is 5.75 Å². The Morgan fingerprint density at radius 2 is 2.12 bits per heavy atom. The fourth-order valence-electron chi connectivity index (χ4n) is 3.65. The second-order valence-corrected chi connectivity index (χ2v) is 8.34. The molecular weight excluding hydrogens is 328 g/mol. The molecule has 0 spiro atoms. The molecule has 0 bridgehead atoms. The van der Waals surface area contributed by atoms with Crippen LogP contribution in [0.3, 0.4) is 0 Å². The van der Waals surface area contributed by atoms with E-state index in [0.717, 1.165) is 25.2 Å². The highest BCUT2D eigenvalue weighted by atomic mass is 32.2. The smallest absolute Gasteiger partial charge is 0.248 e. The Morgan fingerprint density at radius 1 is 1.29 bits per heavy atom. The van der Waals surface area contributed by atoms with Crippen LogP contribution in [0, 0.1) is 13.8 Å². The van der Waals surface area contributed by atoms with Crippen molar-refractivity contribution in [3.05, 3.63) is 40.8 Å². The second-order valence-electron chi connectivity index (χ2n) is 6.47. The summed E-state index contributed by atoms with van der Waals surface area (Å²) in [6.45, 7) is 5.05. The largest absolute Gasteiger partial charge is 0.493 e. The molecule has 2 aromatic rings. The molecule has 1 fully saturated rings. The van der Waals surface area contributed by atoms with Gasteiger partial charge in [0.1, 0.15) is 16.3 Å². The number of ether oxygens (including phenoxy) is 1. The summed E-state index contributed by atoms with van der Waals surface area (Å²) in [6.07, 6.45) is 1.75. The third-order valence-electron chi connectivity index (χ3n) is 4.90. The number of aryl methyl sites for hydroxylation is 2. The van der Waals surface area contributed by atoms with Gasteiger partial charge in [-0.05, 0) is 43.4 Å². The average Bonchev–Trinajstić information content (AvgIpc) is 3.26. The molecule has 1 aromatic carbocycles. The minimum Gasteiger partial charge on any atom is -0.493 e. The summed E-state index contributed by atoms with van der Waals surface area (Å²) in [5.41, 5.74) is 2.83. The van der Waals surface area contributed by atoms with E-state index in [4.69, 9.17) is 9.26 Å². The molecule has 4 rings (SSSR count). The SMILES string of the molecule is Cc1noc(C)c1S(=O)(=O)N1CC[C@@H](c2ccc3c(c2)CCO3)C1. The Hall–Kier alpha value is -1.86. The van der Waals surface area contributed by atoms with Crippen LogP contribution >= 0.6 is 0 Å². The molecule has 0 radical (unpaired) electrons. The van der Waals surface area contributed by atoms with Crippen molar-refractivity contribution in [1.82, 2.24) is 9.46 Å². The maximum Gasteiger partial charge on any atom is 0.248 e. The second kappa shape index (κ2) is 5.60. The summed E-state index contributed by atoms with van der Waals surface area (Å²) in [6, 6.07) is 6.23. The van der Waals surface area contributed by atoms with Gasteiger partial charge < -0.3 is 9.26 Å². The lowest BCUT2D eigenvalue weighted by Crippen LogP contribution is -2.29. The first kappa shape index (κ1) is 15.7. The highest BCUT2D eigenvalue weighted by molar-refractivity contribution is 7.89. The normalized spacial score (nSPS) is 21.0. The lowest BCUT2D eigenvalue weighted by molar-refractivity contribution is 0.357. The summed E-state index contributed by atoms with van der Waals surface area (Å²) < 4.78 is 37.9. The molecule has 0 unspecified atom stereocenters. The number of fused-ring (bicyclic) bond motifs is 1. The van der Waals surface area contributed by atoms with Gasteiger partial charge in [0, 0.05) is 19.5 Å². The van der Waals surface area contributed by atoms with Gasteiger partial charge in [-0.15, -0.1) is 0 Å². The van der Waals surface area contributed by atoms with Gasteiger partial charge in [-0.2, -0.15) is 4.31 Å². The zero-order valence-electron chi connectivity index (χ0n) is 13.8. The van der Waals surface area contributed by atoms with Gasteiger partial charge in [0.05, 0.1) is 6.61 Å². The molecule has 3 heterocycles. The van der Waals surface area contributed by atoms with Crippen molar-refractivity contribution in [1.29, 1.82) is 0 Å². The van der Waals surface area contributed by atoms with Crippen molar-refractivity contribution >= 4 is 10.0 Å². The zero-order valence-corrected chi connectivity index (χ0v) is 14.6. The molecule has 24 heavy (non-hydrogen) atoms. The molecular formula is C17H20N2O4S. The van der Waals surface area contributed by atoms with Crippen molar-refractivity contribution in [2.75, 3.05) is 19.7 Å². The molecule has 1 saturated heterocycles. The number of sulfonamides is 1. The van der Waals surface area contributed by atoms with E-state index in [2.05, 4.69) is 17.3 Å². The van der Waals surface area contributed by atoms with E-state index in [1.165, 1.54) is 11.1 Å².